The highest BCUT2D eigenvalue weighted by atomic mass is 35.5. The van der Waals surface area contributed by atoms with Gasteiger partial charge in [0.05, 0.1) is 6.61 Å². The molecule has 6 heteroatoms. The van der Waals surface area contributed by atoms with Crippen molar-refractivity contribution in [2.75, 3.05) is 6.61 Å². The second-order valence-electron chi connectivity index (χ2n) is 3.50. The molecule has 0 aliphatic carbocycles. The van der Waals surface area contributed by atoms with Crippen LogP contribution in [0.1, 0.15) is 19.3 Å². The third-order valence-corrected chi connectivity index (χ3v) is 2.50. The van der Waals surface area contributed by atoms with Crippen LogP contribution in [-0.2, 0) is 0 Å². The van der Waals surface area contributed by atoms with E-state index in [-0.39, 0.29) is 5.84 Å². The van der Waals surface area contributed by atoms with Crippen molar-refractivity contribution >= 4 is 29.0 Å². The summed E-state index contributed by atoms with van der Waals surface area (Å²) in [6.45, 7) is 0.537. The van der Waals surface area contributed by atoms with E-state index in [4.69, 9.17) is 38.9 Å². The number of halogens is 2. The molecular weight excluding hydrogens is 263 g/mol. The van der Waals surface area contributed by atoms with Gasteiger partial charge in [0, 0.05) is 16.5 Å². The van der Waals surface area contributed by atoms with E-state index in [0.717, 1.165) is 12.8 Å². The fraction of sp³-hybridized carbons (Fsp3) is 0.364. The lowest BCUT2D eigenvalue weighted by molar-refractivity contribution is 0.304. The van der Waals surface area contributed by atoms with Crippen molar-refractivity contribution < 1.29 is 9.94 Å². The van der Waals surface area contributed by atoms with Crippen molar-refractivity contribution in [3.63, 3.8) is 0 Å². The first-order valence-electron chi connectivity index (χ1n) is 5.17. The summed E-state index contributed by atoms with van der Waals surface area (Å²) in [6, 6.07) is 5.06. The molecule has 0 spiro atoms. The van der Waals surface area contributed by atoms with Crippen LogP contribution < -0.4 is 10.5 Å². The Morgan fingerprint density at radius 3 is 2.47 bits per heavy atom. The molecule has 94 valence electrons. The van der Waals surface area contributed by atoms with Gasteiger partial charge < -0.3 is 15.7 Å². The number of nitrogens with two attached hydrogens (primary N) is 1. The number of unbranched alkanes of at least 4 members (excludes halogenated alkanes) is 1. The van der Waals surface area contributed by atoms with Gasteiger partial charge in [-0.05, 0) is 31.0 Å². The zero-order valence-electron chi connectivity index (χ0n) is 9.20. The maximum Gasteiger partial charge on any atom is 0.139 e. The highest BCUT2D eigenvalue weighted by Gasteiger charge is 1.99. The average molecular weight is 277 g/mol. The lowest BCUT2D eigenvalue weighted by Gasteiger charge is -2.06. The molecule has 0 bridgehead atoms. The summed E-state index contributed by atoms with van der Waals surface area (Å²) in [5, 5.41) is 12.3. The van der Waals surface area contributed by atoms with Crippen LogP contribution >= 0.6 is 23.2 Å². The Morgan fingerprint density at radius 1 is 1.24 bits per heavy atom. The molecule has 0 aliphatic heterocycles. The molecule has 1 aromatic rings. The van der Waals surface area contributed by atoms with Gasteiger partial charge in [-0.15, -0.1) is 0 Å². The van der Waals surface area contributed by atoms with E-state index in [2.05, 4.69) is 5.16 Å². The first-order valence-corrected chi connectivity index (χ1v) is 5.92. The number of benzene rings is 1. The number of nitrogens with zero attached hydrogens (tertiary/aromatic N) is 1. The Labute approximate surface area is 110 Å². The van der Waals surface area contributed by atoms with Crippen molar-refractivity contribution in [2.45, 2.75) is 19.3 Å². The number of ether oxygens (including phenoxy) is 1. The van der Waals surface area contributed by atoms with Crippen LogP contribution in [0.4, 0.5) is 0 Å². The fourth-order valence-electron chi connectivity index (χ4n) is 1.26. The molecule has 0 fully saturated rings. The van der Waals surface area contributed by atoms with Crippen LogP contribution in [-0.4, -0.2) is 17.6 Å². The maximum atomic E-state index is 8.33. The predicted molar refractivity (Wildman–Crippen MR) is 69.2 cm³/mol. The summed E-state index contributed by atoms with van der Waals surface area (Å²) in [6.07, 6.45) is 2.15. The van der Waals surface area contributed by atoms with Gasteiger partial charge in [0.25, 0.3) is 0 Å². The lowest BCUT2D eigenvalue weighted by Crippen LogP contribution is -2.11. The molecule has 1 rings (SSSR count). The van der Waals surface area contributed by atoms with Crippen molar-refractivity contribution in [2.24, 2.45) is 10.9 Å². The van der Waals surface area contributed by atoms with Crippen LogP contribution in [0, 0.1) is 0 Å². The Balaban J connectivity index is 2.26. The summed E-state index contributed by atoms with van der Waals surface area (Å²) < 4.78 is 5.47. The molecule has 0 aliphatic rings. The average Bonchev–Trinajstić information content (AvgIpc) is 2.27. The highest BCUT2D eigenvalue weighted by Crippen LogP contribution is 2.24. The van der Waals surface area contributed by atoms with Gasteiger partial charge >= 0.3 is 0 Å². The second-order valence-corrected chi connectivity index (χ2v) is 4.37. The van der Waals surface area contributed by atoms with E-state index in [1.54, 1.807) is 18.2 Å². The zero-order valence-corrected chi connectivity index (χ0v) is 10.7. The summed E-state index contributed by atoms with van der Waals surface area (Å²) in [4.78, 5) is 0. The normalized spacial score (nSPS) is 11.5. The first kappa shape index (κ1) is 13.9. The van der Waals surface area contributed by atoms with Crippen molar-refractivity contribution in [3.05, 3.63) is 28.2 Å². The maximum absolute atomic E-state index is 8.33. The molecule has 0 atom stereocenters. The van der Waals surface area contributed by atoms with E-state index >= 15 is 0 Å². The molecule has 3 N–H and O–H groups in total. The summed E-state index contributed by atoms with van der Waals surface area (Å²) in [7, 11) is 0. The molecular formula is C11H14Cl2N2O2. The predicted octanol–water partition coefficient (Wildman–Crippen LogP) is 3.29. The number of oxime groups is 1. The number of amidine groups is 1. The number of hydrogen-bond donors (Lipinski definition) is 2. The van der Waals surface area contributed by atoms with Gasteiger partial charge in [0.1, 0.15) is 11.6 Å². The van der Waals surface area contributed by atoms with Crippen molar-refractivity contribution in [1.29, 1.82) is 0 Å². The molecule has 0 saturated heterocycles. The van der Waals surface area contributed by atoms with E-state index in [9.17, 15) is 0 Å². The smallest absolute Gasteiger partial charge is 0.139 e. The first-order chi connectivity index (χ1) is 8.11. The fourth-order valence-corrected chi connectivity index (χ4v) is 1.77. The van der Waals surface area contributed by atoms with Crippen molar-refractivity contribution in [1.82, 2.24) is 0 Å². The van der Waals surface area contributed by atoms with Crippen molar-refractivity contribution in [3.8, 4) is 5.75 Å². The van der Waals surface area contributed by atoms with E-state index in [1.807, 2.05) is 0 Å². The van der Waals surface area contributed by atoms with E-state index < -0.39 is 0 Å². The van der Waals surface area contributed by atoms with E-state index in [0.29, 0.717) is 28.8 Å². The van der Waals surface area contributed by atoms with Gasteiger partial charge in [-0.2, -0.15) is 0 Å². The minimum absolute atomic E-state index is 0.232. The standard InChI is InChI=1S/C11H14Cl2N2O2/c12-8-5-9(13)7-10(6-8)17-4-2-1-3-11(14)15-16/h5-7,16H,1-4H2,(H2,14,15). The summed E-state index contributed by atoms with van der Waals surface area (Å²) in [5.41, 5.74) is 5.33. The second kappa shape index (κ2) is 7.25. The molecule has 17 heavy (non-hydrogen) atoms. The van der Waals surface area contributed by atoms with Gasteiger partial charge in [-0.1, -0.05) is 28.4 Å². The third kappa shape index (κ3) is 5.65. The minimum Gasteiger partial charge on any atom is -0.493 e. The number of hydrogen-bond acceptors (Lipinski definition) is 3. The van der Waals surface area contributed by atoms with Crippen LogP contribution in [0.25, 0.3) is 0 Å². The van der Waals surface area contributed by atoms with Crippen LogP contribution in [0.15, 0.2) is 23.4 Å². The molecule has 0 aromatic heterocycles. The van der Waals surface area contributed by atoms with Gasteiger partial charge in [-0.3, -0.25) is 0 Å². The Hall–Kier alpha value is -1.13. The Morgan fingerprint density at radius 2 is 1.88 bits per heavy atom. The molecule has 4 nitrogen and oxygen atoms in total. The zero-order chi connectivity index (χ0) is 12.7. The number of rotatable bonds is 6. The summed E-state index contributed by atoms with van der Waals surface area (Å²) in [5.74, 6) is 0.877. The van der Waals surface area contributed by atoms with Crippen LogP contribution in [0.3, 0.4) is 0 Å². The monoisotopic (exact) mass is 276 g/mol. The minimum atomic E-state index is 0.232. The quantitative estimate of drug-likeness (QED) is 0.275. The van der Waals surface area contributed by atoms with Crippen LogP contribution in [0.5, 0.6) is 5.75 Å². The molecule has 0 heterocycles. The largest absolute Gasteiger partial charge is 0.493 e. The molecule has 0 radical (unpaired) electrons. The van der Waals surface area contributed by atoms with Gasteiger partial charge in [0.15, 0.2) is 0 Å². The van der Waals surface area contributed by atoms with Gasteiger partial charge in [-0.25, -0.2) is 0 Å². The topological polar surface area (TPSA) is 67.8 Å². The Kier molecular flexibility index (Phi) is 5.94. The summed E-state index contributed by atoms with van der Waals surface area (Å²) >= 11 is 11.7. The Bertz CT molecular complexity index is 377. The molecule has 0 unspecified atom stereocenters. The highest BCUT2D eigenvalue weighted by molar-refractivity contribution is 6.34. The van der Waals surface area contributed by atoms with Crippen LogP contribution in [0.2, 0.25) is 10.0 Å². The SMILES string of the molecule is N/C(CCCCOc1cc(Cl)cc(Cl)c1)=N/O. The van der Waals surface area contributed by atoms with Gasteiger partial charge in [0.2, 0.25) is 0 Å². The lowest BCUT2D eigenvalue weighted by atomic mass is 10.2. The molecule has 1 aromatic carbocycles. The molecule has 0 amide bonds. The van der Waals surface area contributed by atoms with E-state index in [1.165, 1.54) is 0 Å². The molecule has 0 saturated carbocycles. The third-order valence-electron chi connectivity index (χ3n) is 2.06.